The number of benzene rings is 1. The highest BCUT2D eigenvalue weighted by atomic mass is 14.9. The van der Waals surface area contributed by atoms with Crippen molar-refractivity contribution in [3.8, 4) is 0 Å². The zero-order valence-electron chi connectivity index (χ0n) is 10.9. The van der Waals surface area contributed by atoms with E-state index in [-0.39, 0.29) is 0 Å². The van der Waals surface area contributed by atoms with Gasteiger partial charge in [0.25, 0.3) is 0 Å². The van der Waals surface area contributed by atoms with Crippen molar-refractivity contribution in [1.82, 2.24) is 5.32 Å². The normalized spacial score (nSPS) is 19.8. The molecule has 1 heteroatoms. The topological polar surface area (TPSA) is 12.0 Å². The molecule has 1 unspecified atom stereocenters. The summed E-state index contributed by atoms with van der Waals surface area (Å²) in [6, 6.07) is 9.68. The lowest BCUT2D eigenvalue weighted by Gasteiger charge is -2.19. The minimum Gasteiger partial charge on any atom is -0.310 e. The van der Waals surface area contributed by atoms with Crippen molar-refractivity contribution in [3.63, 3.8) is 0 Å². The van der Waals surface area contributed by atoms with E-state index in [0.717, 1.165) is 6.54 Å². The fraction of sp³-hybridized carbons (Fsp3) is 0.500. The number of hydrogen-bond donors (Lipinski definition) is 1. The standard InChI is InChI=1S/C16H23N/c1-13(2)15-10-8-14(9-11-15)12-17-16-6-4-3-5-7-16/h3-4,8-11,13,16-17H,5-7,12H2,1-2H3. The molecule has 1 aliphatic rings. The fourth-order valence-corrected chi connectivity index (χ4v) is 2.26. The molecule has 0 aromatic heterocycles. The molecule has 0 radical (unpaired) electrons. The van der Waals surface area contributed by atoms with E-state index in [1.165, 1.54) is 30.4 Å². The van der Waals surface area contributed by atoms with Crippen LogP contribution in [0.1, 0.15) is 50.2 Å². The van der Waals surface area contributed by atoms with Crippen molar-refractivity contribution in [2.45, 2.75) is 51.6 Å². The third-order valence-corrected chi connectivity index (χ3v) is 3.51. The molecule has 17 heavy (non-hydrogen) atoms. The minimum absolute atomic E-state index is 0.625. The van der Waals surface area contributed by atoms with E-state index in [1.807, 2.05) is 0 Å². The van der Waals surface area contributed by atoms with E-state index < -0.39 is 0 Å². The predicted octanol–water partition coefficient (Wildman–Crippen LogP) is 4.01. The van der Waals surface area contributed by atoms with E-state index in [2.05, 4.69) is 55.6 Å². The maximum atomic E-state index is 3.64. The molecule has 1 aromatic rings. The highest BCUT2D eigenvalue weighted by Crippen LogP contribution is 2.15. The first-order valence-corrected chi connectivity index (χ1v) is 6.73. The van der Waals surface area contributed by atoms with E-state index >= 15 is 0 Å². The zero-order valence-corrected chi connectivity index (χ0v) is 10.9. The van der Waals surface area contributed by atoms with Crippen LogP contribution in [0.4, 0.5) is 0 Å². The van der Waals surface area contributed by atoms with Crippen LogP contribution < -0.4 is 5.32 Å². The monoisotopic (exact) mass is 229 g/mol. The average molecular weight is 229 g/mol. The molecule has 1 N–H and O–H groups in total. The van der Waals surface area contributed by atoms with Gasteiger partial charge in [0.1, 0.15) is 0 Å². The van der Waals surface area contributed by atoms with Crippen LogP contribution in [-0.4, -0.2) is 6.04 Å². The molecule has 0 fully saturated rings. The summed E-state index contributed by atoms with van der Waals surface area (Å²) in [6.07, 6.45) is 8.27. The summed E-state index contributed by atoms with van der Waals surface area (Å²) in [6.45, 7) is 5.47. The fourth-order valence-electron chi connectivity index (χ4n) is 2.26. The second kappa shape index (κ2) is 6.02. The van der Waals surface area contributed by atoms with Crippen LogP contribution >= 0.6 is 0 Å². The summed E-state index contributed by atoms with van der Waals surface area (Å²) in [7, 11) is 0. The van der Waals surface area contributed by atoms with Gasteiger partial charge in [0.2, 0.25) is 0 Å². The number of rotatable bonds is 4. The Kier molecular flexibility index (Phi) is 4.38. The molecule has 1 atom stereocenters. The molecule has 92 valence electrons. The van der Waals surface area contributed by atoms with Crippen molar-refractivity contribution >= 4 is 0 Å². The van der Waals surface area contributed by atoms with Crippen LogP contribution in [0.15, 0.2) is 36.4 Å². The SMILES string of the molecule is CC(C)c1ccc(CNC2CC=CCC2)cc1. The van der Waals surface area contributed by atoms with Crippen LogP contribution in [-0.2, 0) is 6.54 Å². The molecule has 1 nitrogen and oxygen atoms in total. The van der Waals surface area contributed by atoms with Gasteiger partial charge in [0.05, 0.1) is 0 Å². The molecule has 0 amide bonds. The maximum Gasteiger partial charge on any atom is 0.0208 e. The maximum absolute atomic E-state index is 3.64. The molecular formula is C16H23N. The van der Waals surface area contributed by atoms with Crippen LogP contribution in [0.5, 0.6) is 0 Å². The van der Waals surface area contributed by atoms with Gasteiger partial charge in [-0.2, -0.15) is 0 Å². The van der Waals surface area contributed by atoms with E-state index in [9.17, 15) is 0 Å². The Morgan fingerprint density at radius 2 is 1.94 bits per heavy atom. The lowest BCUT2D eigenvalue weighted by Crippen LogP contribution is -2.29. The third kappa shape index (κ3) is 3.71. The molecule has 1 aliphatic carbocycles. The summed E-state index contributed by atoms with van der Waals surface area (Å²) < 4.78 is 0. The molecule has 0 spiro atoms. The summed E-state index contributed by atoms with van der Waals surface area (Å²) in [5, 5.41) is 3.64. The van der Waals surface area contributed by atoms with Gasteiger partial charge >= 0.3 is 0 Å². The first-order chi connectivity index (χ1) is 8.25. The number of allylic oxidation sites excluding steroid dienone is 1. The average Bonchev–Trinajstić information content (AvgIpc) is 2.38. The highest BCUT2D eigenvalue weighted by molar-refractivity contribution is 5.24. The van der Waals surface area contributed by atoms with Crippen LogP contribution in [0, 0.1) is 0 Å². The van der Waals surface area contributed by atoms with Crippen molar-refractivity contribution in [2.24, 2.45) is 0 Å². The second-order valence-electron chi connectivity index (χ2n) is 5.26. The molecule has 1 aromatic carbocycles. The van der Waals surface area contributed by atoms with Gasteiger partial charge in [-0.05, 0) is 36.3 Å². The molecule has 0 saturated carbocycles. The second-order valence-corrected chi connectivity index (χ2v) is 5.26. The molecule has 0 heterocycles. The smallest absolute Gasteiger partial charge is 0.0208 e. The summed E-state index contributed by atoms with van der Waals surface area (Å²) in [5.74, 6) is 0.625. The van der Waals surface area contributed by atoms with Crippen molar-refractivity contribution in [1.29, 1.82) is 0 Å². The number of hydrogen-bond acceptors (Lipinski definition) is 1. The largest absolute Gasteiger partial charge is 0.310 e. The first-order valence-electron chi connectivity index (χ1n) is 6.73. The Bertz CT molecular complexity index is 362. The quantitative estimate of drug-likeness (QED) is 0.769. The Morgan fingerprint density at radius 3 is 2.53 bits per heavy atom. The Balaban J connectivity index is 1.84. The molecular weight excluding hydrogens is 206 g/mol. The van der Waals surface area contributed by atoms with Crippen molar-refractivity contribution in [3.05, 3.63) is 47.5 Å². The first kappa shape index (κ1) is 12.4. The van der Waals surface area contributed by atoms with Crippen LogP contribution in [0.3, 0.4) is 0 Å². The van der Waals surface area contributed by atoms with E-state index in [4.69, 9.17) is 0 Å². The molecule has 2 rings (SSSR count). The van der Waals surface area contributed by atoms with Gasteiger partial charge in [0, 0.05) is 12.6 Å². The Morgan fingerprint density at radius 1 is 1.18 bits per heavy atom. The lowest BCUT2D eigenvalue weighted by molar-refractivity contribution is 0.474. The van der Waals surface area contributed by atoms with Crippen LogP contribution in [0.25, 0.3) is 0 Å². The van der Waals surface area contributed by atoms with Crippen LogP contribution in [0.2, 0.25) is 0 Å². The molecule has 0 aliphatic heterocycles. The van der Waals surface area contributed by atoms with Gasteiger partial charge in [-0.25, -0.2) is 0 Å². The summed E-state index contributed by atoms with van der Waals surface area (Å²) >= 11 is 0. The van der Waals surface area contributed by atoms with E-state index in [1.54, 1.807) is 0 Å². The zero-order chi connectivity index (χ0) is 12.1. The van der Waals surface area contributed by atoms with E-state index in [0.29, 0.717) is 12.0 Å². The summed E-state index contributed by atoms with van der Waals surface area (Å²) in [5.41, 5.74) is 2.82. The Labute approximate surface area is 105 Å². The van der Waals surface area contributed by atoms with Crippen molar-refractivity contribution < 1.29 is 0 Å². The van der Waals surface area contributed by atoms with Gasteiger partial charge < -0.3 is 5.32 Å². The Hall–Kier alpha value is -1.08. The minimum atomic E-state index is 0.625. The lowest BCUT2D eigenvalue weighted by atomic mass is 10.0. The van der Waals surface area contributed by atoms with Crippen molar-refractivity contribution in [2.75, 3.05) is 0 Å². The number of nitrogens with one attached hydrogen (secondary N) is 1. The summed E-state index contributed by atoms with van der Waals surface area (Å²) in [4.78, 5) is 0. The molecule has 0 saturated heterocycles. The predicted molar refractivity (Wildman–Crippen MR) is 74.1 cm³/mol. The van der Waals surface area contributed by atoms with Gasteiger partial charge in [-0.3, -0.25) is 0 Å². The van der Waals surface area contributed by atoms with Gasteiger partial charge in [0.15, 0.2) is 0 Å². The van der Waals surface area contributed by atoms with Gasteiger partial charge in [-0.1, -0.05) is 50.3 Å². The molecule has 0 bridgehead atoms. The third-order valence-electron chi connectivity index (χ3n) is 3.51. The highest BCUT2D eigenvalue weighted by Gasteiger charge is 2.08. The van der Waals surface area contributed by atoms with Gasteiger partial charge in [-0.15, -0.1) is 0 Å².